The monoisotopic (exact) mass is 525 g/mol. The van der Waals surface area contributed by atoms with Crippen LogP contribution in [0.4, 0.5) is 21.6 Å². The average molecular weight is 526 g/mol. The predicted octanol–water partition coefficient (Wildman–Crippen LogP) is 5.88. The van der Waals surface area contributed by atoms with Crippen molar-refractivity contribution >= 4 is 34.9 Å². The molecule has 4 aromatic rings. The van der Waals surface area contributed by atoms with Gasteiger partial charge in [-0.05, 0) is 48.6 Å². The van der Waals surface area contributed by atoms with Crippen molar-refractivity contribution in [2.75, 3.05) is 10.6 Å². The highest BCUT2D eigenvalue weighted by Gasteiger charge is 2.18. The molecule has 0 radical (unpaired) electrons. The molecule has 4 N–H and O–H groups in total. The molecule has 0 atom stereocenters. The van der Waals surface area contributed by atoms with Crippen LogP contribution in [0, 0.1) is 11.2 Å². The van der Waals surface area contributed by atoms with Gasteiger partial charge in [-0.2, -0.15) is 0 Å². The van der Waals surface area contributed by atoms with Crippen molar-refractivity contribution in [3.8, 4) is 5.75 Å². The fourth-order valence-corrected chi connectivity index (χ4v) is 3.82. The van der Waals surface area contributed by atoms with Crippen LogP contribution >= 0.6 is 0 Å². The minimum Gasteiger partial charge on any atom is -0.452 e. The summed E-state index contributed by atoms with van der Waals surface area (Å²) in [4.78, 5) is 21.5. The van der Waals surface area contributed by atoms with Crippen LogP contribution in [-0.4, -0.2) is 26.7 Å². The van der Waals surface area contributed by atoms with Crippen molar-refractivity contribution < 1.29 is 16.8 Å². The van der Waals surface area contributed by atoms with Crippen molar-refractivity contribution in [3.63, 3.8) is 0 Å². The lowest BCUT2D eigenvalue weighted by Gasteiger charge is -2.19. The SMILES string of the molecule is Cn1cnc(C2=CN/C(=C\C=N)C(Oc3ccc(Nc4ncccc4C(=O)Nc4ccccc4)cc3F)=C2)c1.[HH].[HH]. The van der Waals surface area contributed by atoms with Crippen molar-refractivity contribution in [2.24, 2.45) is 7.05 Å². The number of imidazole rings is 1. The highest BCUT2D eigenvalue weighted by molar-refractivity contribution is 6.07. The minimum absolute atomic E-state index is 0. The number of nitrogens with zero attached hydrogens (tertiary/aromatic N) is 3. The molecule has 2 aromatic carbocycles. The summed E-state index contributed by atoms with van der Waals surface area (Å²) >= 11 is 0. The lowest BCUT2D eigenvalue weighted by Crippen LogP contribution is -2.17. The van der Waals surface area contributed by atoms with E-state index in [9.17, 15) is 4.79 Å². The molecule has 3 heterocycles. The molecule has 0 spiro atoms. The number of carbonyl (C=O) groups is 1. The quantitative estimate of drug-likeness (QED) is 0.213. The Morgan fingerprint density at radius 1 is 1.13 bits per heavy atom. The normalized spacial score (nSPS) is 13.6. The Labute approximate surface area is 226 Å². The zero-order valence-electron chi connectivity index (χ0n) is 20.9. The summed E-state index contributed by atoms with van der Waals surface area (Å²) in [5, 5.41) is 16.3. The van der Waals surface area contributed by atoms with Gasteiger partial charge in [0.1, 0.15) is 5.82 Å². The molecule has 0 bridgehead atoms. The fourth-order valence-electron chi connectivity index (χ4n) is 3.82. The summed E-state index contributed by atoms with van der Waals surface area (Å²) < 4.78 is 22.9. The molecule has 0 fully saturated rings. The van der Waals surface area contributed by atoms with Crippen molar-refractivity contribution in [1.82, 2.24) is 19.9 Å². The Bertz CT molecular complexity index is 1640. The smallest absolute Gasteiger partial charge is 0.259 e. The van der Waals surface area contributed by atoms with Gasteiger partial charge in [-0.25, -0.2) is 14.4 Å². The molecular formula is C29H28FN7O2. The molecule has 10 heteroatoms. The number of pyridine rings is 1. The first-order valence-electron chi connectivity index (χ1n) is 11.9. The first-order valence-corrected chi connectivity index (χ1v) is 11.9. The molecule has 0 saturated carbocycles. The summed E-state index contributed by atoms with van der Waals surface area (Å²) in [5.74, 6) is -0.397. The van der Waals surface area contributed by atoms with Crippen molar-refractivity contribution in [3.05, 3.63) is 126 Å². The zero-order valence-corrected chi connectivity index (χ0v) is 20.9. The van der Waals surface area contributed by atoms with E-state index >= 15 is 4.39 Å². The number of rotatable bonds is 8. The van der Waals surface area contributed by atoms with Crippen LogP contribution in [0.5, 0.6) is 5.75 Å². The lowest BCUT2D eigenvalue weighted by atomic mass is 10.1. The number of aryl methyl sites for hydroxylation is 1. The molecule has 1 aliphatic rings. The van der Waals surface area contributed by atoms with Crippen LogP contribution < -0.4 is 20.7 Å². The lowest BCUT2D eigenvalue weighted by molar-refractivity contribution is 0.102. The van der Waals surface area contributed by atoms with E-state index in [4.69, 9.17) is 10.1 Å². The van der Waals surface area contributed by atoms with Crippen LogP contribution in [0.25, 0.3) is 5.57 Å². The van der Waals surface area contributed by atoms with Gasteiger partial charge in [0, 0.05) is 57.7 Å². The van der Waals surface area contributed by atoms with Crippen LogP contribution in [0.2, 0.25) is 0 Å². The van der Waals surface area contributed by atoms with Gasteiger partial charge in [0.25, 0.3) is 5.91 Å². The van der Waals surface area contributed by atoms with Crippen molar-refractivity contribution in [1.29, 1.82) is 5.41 Å². The first-order chi connectivity index (χ1) is 19.0. The van der Waals surface area contributed by atoms with Gasteiger partial charge in [0.05, 0.1) is 23.3 Å². The van der Waals surface area contributed by atoms with Gasteiger partial charge in [0.15, 0.2) is 17.3 Å². The molecule has 0 unspecified atom stereocenters. The molecular weight excluding hydrogens is 497 g/mol. The molecule has 0 saturated heterocycles. The van der Waals surface area contributed by atoms with Gasteiger partial charge in [-0.3, -0.25) is 4.79 Å². The first kappa shape index (κ1) is 25.2. The number of ether oxygens (including phenoxy) is 1. The van der Waals surface area contributed by atoms with E-state index < -0.39 is 5.82 Å². The maximum absolute atomic E-state index is 15.2. The number of carbonyl (C=O) groups excluding carboxylic acids is 1. The number of halogens is 1. The molecule has 5 rings (SSSR count). The van der Waals surface area contributed by atoms with E-state index in [0.29, 0.717) is 34.1 Å². The number of allylic oxidation sites excluding steroid dienone is 3. The van der Waals surface area contributed by atoms with Gasteiger partial charge < -0.3 is 30.7 Å². The maximum atomic E-state index is 15.2. The number of anilines is 3. The zero-order chi connectivity index (χ0) is 27.2. The van der Waals surface area contributed by atoms with Gasteiger partial charge in [-0.15, -0.1) is 0 Å². The largest absolute Gasteiger partial charge is 0.452 e. The Morgan fingerprint density at radius 3 is 2.72 bits per heavy atom. The summed E-state index contributed by atoms with van der Waals surface area (Å²) in [6, 6.07) is 16.7. The van der Waals surface area contributed by atoms with Crippen LogP contribution in [0.15, 0.2) is 109 Å². The van der Waals surface area contributed by atoms with E-state index in [1.54, 1.807) is 55.1 Å². The second-order valence-corrected chi connectivity index (χ2v) is 8.52. The van der Waals surface area contributed by atoms with E-state index in [1.807, 2.05) is 36.0 Å². The van der Waals surface area contributed by atoms with E-state index in [-0.39, 0.29) is 20.3 Å². The van der Waals surface area contributed by atoms with Crippen molar-refractivity contribution in [2.45, 2.75) is 0 Å². The van der Waals surface area contributed by atoms with E-state index in [1.165, 1.54) is 18.2 Å². The highest BCUT2D eigenvalue weighted by atomic mass is 19.1. The van der Waals surface area contributed by atoms with E-state index in [2.05, 4.69) is 25.9 Å². The summed E-state index contributed by atoms with van der Waals surface area (Å²) in [6.45, 7) is 0. The molecule has 9 nitrogen and oxygen atoms in total. The fraction of sp³-hybridized carbons (Fsp3) is 0.0345. The molecule has 198 valence electrons. The third-order valence-corrected chi connectivity index (χ3v) is 5.68. The standard InChI is InChI=1S/C29H24FN7O2.2H2/c1-37-17-25(34-18-37)19-14-27(24(11-12-31)33-16-19)39-26-10-9-21(15-23(26)30)35-28-22(8-5-13-32-28)29(38)36-20-6-3-2-4-7-20;;/h2-18,31,33H,1H3,(H,32,35)(H,36,38);2*1H/b24-11-,31-12?;;. The number of para-hydroxylation sites is 1. The third kappa shape index (κ3) is 5.91. The molecule has 0 aliphatic carbocycles. The average Bonchev–Trinajstić information content (AvgIpc) is 3.38. The summed E-state index contributed by atoms with van der Waals surface area (Å²) in [5.41, 5.74) is 3.27. The Hall–Kier alpha value is -5.51. The predicted molar refractivity (Wildman–Crippen MR) is 152 cm³/mol. The third-order valence-electron chi connectivity index (χ3n) is 5.68. The number of hydrogen-bond acceptors (Lipinski definition) is 7. The summed E-state index contributed by atoms with van der Waals surface area (Å²) in [6.07, 6.45) is 11.2. The highest BCUT2D eigenvalue weighted by Crippen LogP contribution is 2.29. The number of dihydropyridines is 1. The molecule has 1 amide bonds. The molecule has 1 aliphatic heterocycles. The van der Waals surface area contributed by atoms with Gasteiger partial charge in [-0.1, -0.05) is 18.2 Å². The second-order valence-electron chi connectivity index (χ2n) is 8.52. The number of hydrogen-bond donors (Lipinski definition) is 4. The van der Waals surface area contributed by atoms with Crippen LogP contribution in [0.1, 0.15) is 18.9 Å². The topological polar surface area (TPSA) is 117 Å². The second kappa shape index (κ2) is 11.3. The molecule has 2 aromatic heterocycles. The molecule has 39 heavy (non-hydrogen) atoms. The Morgan fingerprint density at radius 2 is 1.97 bits per heavy atom. The minimum atomic E-state index is -0.629. The summed E-state index contributed by atoms with van der Waals surface area (Å²) in [7, 11) is 1.86. The van der Waals surface area contributed by atoms with E-state index in [0.717, 1.165) is 11.8 Å². The Kier molecular flexibility index (Phi) is 7.26. The van der Waals surface area contributed by atoms with Gasteiger partial charge in [0.2, 0.25) is 0 Å². The number of nitrogens with one attached hydrogen (secondary N) is 4. The van der Waals surface area contributed by atoms with Crippen LogP contribution in [-0.2, 0) is 7.05 Å². The number of amides is 1. The number of aromatic nitrogens is 3. The van der Waals surface area contributed by atoms with Crippen LogP contribution in [0.3, 0.4) is 0 Å². The Balaban J connectivity index is 0.00000231. The van der Waals surface area contributed by atoms with Gasteiger partial charge >= 0.3 is 0 Å². The number of benzene rings is 2. The maximum Gasteiger partial charge on any atom is 0.259 e.